The zero-order chi connectivity index (χ0) is 21.3. The van der Waals surface area contributed by atoms with Gasteiger partial charge in [0.15, 0.2) is 5.65 Å². The van der Waals surface area contributed by atoms with Crippen molar-refractivity contribution >= 4 is 17.6 Å². The zero-order valence-corrected chi connectivity index (χ0v) is 17.6. The highest BCUT2D eigenvalue weighted by Gasteiger charge is 2.35. The maximum absolute atomic E-state index is 11.8. The molecule has 4 rings (SSSR count). The number of hydrogen-bond acceptors (Lipinski definition) is 5. The molecule has 8 nitrogen and oxygen atoms in total. The summed E-state index contributed by atoms with van der Waals surface area (Å²) >= 11 is 0. The number of amides is 1. The number of imidazole rings is 1. The van der Waals surface area contributed by atoms with Crippen LogP contribution in [0.5, 0.6) is 0 Å². The molecule has 3 heterocycles. The van der Waals surface area contributed by atoms with E-state index in [1.54, 1.807) is 17.3 Å². The summed E-state index contributed by atoms with van der Waals surface area (Å²) < 4.78 is 1.84. The predicted octanol–water partition coefficient (Wildman–Crippen LogP) is 4.29. The molecule has 0 bridgehead atoms. The first kappa shape index (κ1) is 20.1. The molecule has 158 valence electrons. The lowest BCUT2D eigenvalue weighted by Gasteiger charge is -2.42. The monoisotopic (exact) mass is 408 g/mol. The molecule has 0 spiro atoms. The van der Waals surface area contributed by atoms with Crippen molar-refractivity contribution in [3.63, 3.8) is 0 Å². The van der Waals surface area contributed by atoms with Gasteiger partial charge in [0.1, 0.15) is 5.82 Å². The van der Waals surface area contributed by atoms with E-state index in [-0.39, 0.29) is 12.1 Å². The fourth-order valence-electron chi connectivity index (χ4n) is 4.35. The summed E-state index contributed by atoms with van der Waals surface area (Å²) in [5.41, 5.74) is 2.33. The first-order valence-corrected chi connectivity index (χ1v) is 10.4. The van der Waals surface area contributed by atoms with Crippen LogP contribution >= 0.6 is 0 Å². The Balaban J connectivity index is 1.46. The van der Waals surface area contributed by atoms with Gasteiger partial charge in [-0.1, -0.05) is 0 Å². The van der Waals surface area contributed by atoms with Gasteiger partial charge in [-0.15, -0.1) is 5.10 Å². The second-order valence-corrected chi connectivity index (χ2v) is 8.84. The van der Waals surface area contributed by atoms with Crippen molar-refractivity contribution in [1.29, 1.82) is 0 Å². The molecule has 0 unspecified atom stereocenters. The SMILES string of the molecule is CC(C)(C)N(C(=O)O)C1CCC(Nc2ccc3ncc(-c4ccncc4)n3n2)CC1. The first-order chi connectivity index (χ1) is 14.3. The van der Waals surface area contributed by atoms with Crippen LogP contribution in [0.25, 0.3) is 16.9 Å². The molecular weight excluding hydrogens is 380 g/mol. The summed E-state index contributed by atoms with van der Waals surface area (Å²) in [6.07, 6.45) is 8.00. The molecule has 0 radical (unpaired) electrons. The van der Waals surface area contributed by atoms with Gasteiger partial charge in [0.25, 0.3) is 0 Å². The van der Waals surface area contributed by atoms with Gasteiger partial charge in [0.2, 0.25) is 0 Å². The second-order valence-electron chi connectivity index (χ2n) is 8.84. The number of carbonyl (C=O) groups is 1. The molecule has 3 aromatic heterocycles. The van der Waals surface area contributed by atoms with Gasteiger partial charge in [-0.3, -0.25) is 4.98 Å². The molecule has 30 heavy (non-hydrogen) atoms. The van der Waals surface area contributed by atoms with Gasteiger partial charge in [-0.05, 0) is 70.7 Å². The molecule has 0 aromatic carbocycles. The third kappa shape index (κ3) is 4.08. The summed E-state index contributed by atoms with van der Waals surface area (Å²) in [4.78, 5) is 21.9. The predicted molar refractivity (Wildman–Crippen MR) is 116 cm³/mol. The molecule has 1 fully saturated rings. The van der Waals surface area contributed by atoms with E-state index >= 15 is 0 Å². The van der Waals surface area contributed by atoms with Crippen LogP contribution in [0.15, 0.2) is 42.9 Å². The van der Waals surface area contributed by atoms with E-state index in [0.29, 0.717) is 0 Å². The van der Waals surface area contributed by atoms with E-state index in [1.165, 1.54) is 0 Å². The number of carboxylic acid groups (broad SMARTS) is 1. The largest absolute Gasteiger partial charge is 0.465 e. The van der Waals surface area contributed by atoms with Gasteiger partial charge in [0, 0.05) is 35.6 Å². The fourth-order valence-corrected chi connectivity index (χ4v) is 4.35. The van der Waals surface area contributed by atoms with E-state index in [9.17, 15) is 9.90 Å². The fraction of sp³-hybridized carbons (Fsp3) is 0.455. The third-order valence-corrected chi connectivity index (χ3v) is 5.68. The minimum atomic E-state index is -0.838. The van der Waals surface area contributed by atoms with E-state index in [1.807, 2.05) is 55.7 Å². The van der Waals surface area contributed by atoms with Crippen molar-refractivity contribution in [3.8, 4) is 11.3 Å². The van der Waals surface area contributed by atoms with Crippen molar-refractivity contribution in [2.24, 2.45) is 0 Å². The van der Waals surface area contributed by atoms with Crippen LogP contribution in [0, 0.1) is 0 Å². The number of anilines is 1. The lowest BCUT2D eigenvalue weighted by atomic mass is 9.88. The second kappa shape index (κ2) is 7.93. The molecule has 8 heteroatoms. The lowest BCUT2D eigenvalue weighted by molar-refractivity contribution is 0.0556. The molecule has 3 aromatic rings. The maximum Gasteiger partial charge on any atom is 0.407 e. The van der Waals surface area contributed by atoms with E-state index in [4.69, 9.17) is 5.10 Å². The summed E-state index contributed by atoms with van der Waals surface area (Å²) in [7, 11) is 0. The molecular formula is C22H28N6O2. The summed E-state index contributed by atoms with van der Waals surface area (Å²) in [5.74, 6) is 0.796. The third-order valence-electron chi connectivity index (χ3n) is 5.68. The van der Waals surface area contributed by atoms with E-state index in [2.05, 4.69) is 15.3 Å². The number of fused-ring (bicyclic) bond motifs is 1. The van der Waals surface area contributed by atoms with Crippen molar-refractivity contribution in [3.05, 3.63) is 42.9 Å². The summed E-state index contributed by atoms with van der Waals surface area (Å²) in [6, 6.07) is 8.12. The van der Waals surface area contributed by atoms with Crippen molar-refractivity contribution in [2.75, 3.05) is 5.32 Å². The Hall–Kier alpha value is -3.16. The Kier molecular flexibility index (Phi) is 5.32. The molecule has 0 aliphatic heterocycles. The standard InChI is InChI=1S/C22H28N6O2/c1-22(2,3)27(21(29)30)17-6-4-16(5-7-17)25-19-8-9-20-24-14-18(28(20)26-19)15-10-12-23-13-11-15/h8-14,16-17H,4-7H2,1-3H3,(H,25,26)(H,29,30). The Morgan fingerprint density at radius 3 is 2.47 bits per heavy atom. The van der Waals surface area contributed by atoms with Crippen LogP contribution in [0.4, 0.5) is 10.6 Å². The van der Waals surface area contributed by atoms with Gasteiger partial charge in [-0.2, -0.15) is 0 Å². The molecule has 1 amide bonds. The van der Waals surface area contributed by atoms with Crippen LogP contribution < -0.4 is 5.32 Å². The Morgan fingerprint density at radius 2 is 1.83 bits per heavy atom. The number of pyridine rings is 1. The average Bonchev–Trinajstić information content (AvgIpc) is 3.12. The minimum absolute atomic E-state index is 0.0583. The van der Waals surface area contributed by atoms with Gasteiger partial charge in [-0.25, -0.2) is 14.3 Å². The molecule has 1 saturated carbocycles. The quantitative estimate of drug-likeness (QED) is 0.668. The normalized spacial score (nSPS) is 19.6. The summed E-state index contributed by atoms with van der Waals surface area (Å²) in [6.45, 7) is 5.86. The number of hydrogen-bond donors (Lipinski definition) is 2. The highest BCUT2D eigenvalue weighted by atomic mass is 16.4. The number of rotatable bonds is 4. The van der Waals surface area contributed by atoms with Crippen LogP contribution in [-0.4, -0.2) is 53.3 Å². The van der Waals surface area contributed by atoms with E-state index in [0.717, 1.165) is 48.4 Å². The Labute approximate surface area is 176 Å². The molecule has 1 aliphatic carbocycles. The van der Waals surface area contributed by atoms with Gasteiger partial charge >= 0.3 is 6.09 Å². The van der Waals surface area contributed by atoms with E-state index < -0.39 is 11.6 Å². The van der Waals surface area contributed by atoms with Crippen molar-refractivity contribution in [2.45, 2.75) is 64.1 Å². The van der Waals surface area contributed by atoms with Crippen molar-refractivity contribution in [1.82, 2.24) is 24.5 Å². The molecule has 0 saturated heterocycles. The van der Waals surface area contributed by atoms with Crippen LogP contribution in [-0.2, 0) is 0 Å². The number of nitrogens with one attached hydrogen (secondary N) is 1. The molecule has 0 atom stereocenters. The molecule has 2 N–H and O–H groups in total. The highest BCUT2D eigenvalue weighted by molar-refractivity contribution is 5.66. The maximum atomic E-state index is 11.8. The zero-order valence-electron chi connectivity index (χ0n) is 17.6. The molecule has 1 aliphatic rings. The lowest BCUT2D eigenvalue weighted by Crippen LogP contribution is -2.52. The number of aromatic nitrogens is 4. The van der Waals surface area contributed by atoms with Crippen LogP contribution in [0.3, 0.4) is 0 Å². The average molecular weight is 409 g/mol. The topological polar surface area (TPSA) is 95.7 Å². The van der Waals surface area contributed by atoms with Crippen LogP contribution in [0.2, 0.25) is 0 Å². The van der Waals surface area contributed by atoms with Crippen molar-refractivity contribution < 1.29 is 9.90 Å². The Bertz CT molecular complexity index is 1020. The number of nitrogens with zero attached hydrogens (tertiary/aromatic N) is 5. The van der Waals surface area contributed by atoms with Gasteiger partial charge < -0.3 is 15.3 Å². The highest BCUT2D eigenvalue weighted by Crippen LogP contribution is 2.30. The summed E-state index contributed by atoms with van der Waals surface area (Å²) in [5, 5.41) is 17.9. The smallest absolute Gasteiger partial charge is 0.407 e. The minimum Gasteiger partial charge on any atom is -0.465 e. The first-order valence-electron chi connectivity index (χ1n) is 10.4. The van der Waals surface area contributed by atoms with Crippen LogP contribution in [0.1, 0.15) is 46.5 Å². The Morgan fingerprint density at radius 1 is 1.13 bits per heavy atom. The van der Waals surface area contributed by atoms with Gasteiger partial charge in [0.05, 0.1) is 11.9 Å².